The van der Waals surface area contributed by atoms with Crippen LogP contribution in [0.4, 0.5) is 0 Å². The van der Waals surface area contributed by atoms with Gasteiger partial charge in [0.1, 0.15) is 12.7 Å². The highest BCUT2D eigenvalue weighted by molar-refractivity contribution is 5.86. The van der Waals surface area contributed by atoms with E-state index in [0.717, 1.165) is 18.4 Å². The third kappa shape index (κ3) is 2.93. The third-order valence-corrected chi connectivity index (χ3v) is 2.88. The van der Waals surface area contributed by atoms with Crippen molar-refractivity contribution < 1.29 is 14.3 Å². The van der Waals surface area contributed by atoms with Crippen molar-refractivity contribution in [2.24, 2.45) is 0 Å². The minimum atomic E-state index is -0.434. The highest BCUT2D eigenvalue weighted by Crippen LogP contribution is 2.27. The summed E-state index contributed by atoms with van der Waals surface area (Å²) in [4.78, 5) is 12.0. The van der Waals surface area contributed by atoms with E-state index in [1.165, 1.54) is 5.56 Å². The fraction of sp³-hybridized carbons (Fsp3) is 0.500. The van der Waals surface area contributed by atoms with E-state index in [2.05, 4.69) is 6.07 Å². The predicted molar refractivity (Wildman–Crippen MR) is 65.0 cm³/mol. The lowest BCUT2D eigenvalue weighted by atomic mass is 9.95. The molecule has 1 heterocycles. The molecule has 0 fully saturated rings. The fourth-order valence-corrected chi connectivity index (χ4v) is 2.05. The number of rotatable bonds is 5. The number of hydrogen-bond acceptors (Lipinski definition) is 3. The first kappa shape index (κ1) is 12.3. The number of ether oxygens (including phenoxy) is 2. The first-order valence-corrected chi connectivity index (χ1v) is 6.12. The molecule has 1 aliphatic heterocycles. The molecule has 3 heteroatoms. The van der Waals surface area contributed by atoms with Gasteiger partial charge in [0.25, 0.3) is 0 Å². The molecule has 3 nitrogen and oxygen atoms in total. The maximum Gasteiger partial charge on any atom is 0.191 e. The van der Waals surface area contributed by atoms with Gasteiger partial charge in [0.2, 0.25) is 0 Å². The molecule has 0 radical (unpaired) electrons. The van der Waals surface area contributed by atoms with Crippen LogP contribution in [0, 0.1) is 0 Å². The van der Waals surface area contributed by atoms with Gasteiger partial charge in [-0.05, 0) is 24.0 Å². The van der Waals surface area contributed by atoms with Crippen molar-refractivity contribution in [2.75, 3.05) is 19.8 Å². The van der Waals surface area contributed by atoms with Gasteiger partial charge < -0.3 is 9.47 Å². The molecule has 1 atom stereocenters. The van der Waals surface area contributed by atoms with Crippen LogP contribution < -0.4 is 0 Å². The lowest BCUT2D eigenvalue weighted by molar-refractivity contribution is -0.136. The summed E-state index contributed by atoms with van der Waals surface area (Å²) in [6.07, 6.45) is 1.38. The Kier molecular flexibility index (Phi) is 4.29. The van der Waals surface area contributed by atoms with Crippen molar-refractivity contribution in [1.29, 1.82) is 0 Å². The second-order valence-corrected chi connectivity index (χ2v) is 4.22. The molecular formula is C14H18O3. The van der Waals surface area contributed by atoms with Crippen molar-refractivity contribution in [3.63, 3.8) is 0 Å². The molecule has 0 saturated carbocycles. The zero-order chi connectivity index (χ0) is 12.1. The molecule has 0 saturated heterocycles. The van der Waals surface area contributed by atoms with E-state index in [0.29, 0.717) is 13.2 Å². The molecule has 0 amide bonds. The summed E-state index contributed by atoms with van der Waals surface area (Å²) >= 11 is 0. The van der Waals surface area contributed by atoms with Crippen LogP contribution in [0.2, 0.25) is 0 Å². The average molecular weight is 234 g/mol. The number of hydrogen-bond donors (Lipinski definition) is 0. The zero-order valence-electron chi connectivity index (χ0n) is 10.1. The maximum absolute atomic E-state index is 12.0. The first-order valence-electron chi connectivity index (χ1n) is 6.12. The van der Waals surface area contributed by atoms with Gasteiger partial charge in [0, 0.05) is 6.61 Å². The SMILES string of the molecule is CCCOCC(=O)C1OCCc2ccccc21. The van der Waals surface area contributed by atoms with Gasteiger partial charge in [-0.25, -0.2) is 0 Å². The van der Waals surface area contributed by atoms with E-state index >= 15 is 0 Å². The second-order valence-electron chi connectivity index (χ2n) is 4.22. The molecule has 0 N–H and O–H groups in total. The predicted octanol–water partition coefficient (Wildman–Crippen LogP) is 2.30. The molecular weight excluding hydrogens is 216 g/mol. The Bertz CT molecular complexity index is 387. The molecule has 1 unspecified atom stereocenters. The summed E-state index contributed by atoms with van der Waals surface area (Å²) in [5.74, 6) is 0.0191. The third-order valence-electron chi connectivity index (χ3n) is 2.88. The van der Waals surface area contributed by atoms with Crippen molar-refractivity contribution in [3.05, 3.63) is 35.4 Å². The molecule has 0 aromatic heterocycles. The van der Waals surface area contributed by atoms with Gasteiger partial charge in [-0.15, -0.1) is 0 Å². The Hall–Kier alpha value is -1.19. The van der Waals surface area contributed by atoms with Gasteiger partial charge in [-0.2, -0.15) is 0 Å². The van der Waals surface area contributed by atoms with Gasteiger partial charge in [0.15, 0.2) is 5.78 Å². The average Bonchev–Trinajstić information content (AvgIpc) is 2.38. The van der Waals surface area contributed by atoms with Crippen molar-refractivity contribution >= 4 is 5.78 Å². The minimum Gasteiger partial charge on any atom is -0.374 e. The molecule has 0 bridgehead atoms. The molecule has 1 aromatic rings. The van der Waals surface area contributed by atoms with Gasteiger partial charge in [-0.1, -0.05) is 31.2 Å². The summed E-state index contributed by atoms with van der Waals surface area (Å²) in [5, 5.41) is 0. The van der Waals surface area contributed by atoms with E-state index in [-0.39, 0.29) is 12.4 Å². The number of benzene rings is 1. The molecule has 17 heavy (non-hydrogen) atoms. The second kappa shape index (κ2) is 5.94. The summed E-state index contributed by atoms with van der Waals surface area (Å²) in [7, 11) is 0. The maximum atomic E-state index is 12.0. The van der Waals surface area contributed by atoms with E-state index in [1.807, 2.05) is 25.1 Å². The van der Waals surface area contributed by atoms with Crippen LogP contribution in [0.15, 0.2) is 24.3 Å². The largest absolute Gasteiger partial charge is 0.374 e. The number of carbonyl (C=O) groups excluding carboxylic acids is 1. The fourth-order valence-electron chi connectivity index (χ4n) is 2.05. The quantitative estimate of drug-likeness (QED) is 0.733. The Morgan fingerprint density at radius 2 is 2.29 bits per heavy atom. The first-order chi connectivity index (χ1) is 8.33. The zero-order valence-corrected chi connectivity index (χ0v) is 10.1. The minimum absolute atomic E-state index is 0.0191. The van der Waals surface area contributed by atoms with Crippen LogP contribution in [-0.4, -0.2) is 25.6 Å². The van der Waals surface area contributed by atoms with Crippen LogP contribution in [0.1, 0.15) is 30.6 Å². The van der Waals surface area contributed by atoms with Gasteiger partial charge in [-0.3, -0.25) is 4.79 Å². The molecule has 0 spiro atoms. The van der Waals surface area contributed by atoms with Crippen molar-refractivity contribution in [1.82, 2.24) is 0 Å². The monoisotopic (exact) mass is 234 g/mol. The number of carbonyl (C=O) groups is 1. The summed E-state index contributed by atoms with van der Waals surface area (Å²) in [6, 6.07) is 7.97. The van der Waals surface area contributed by atoms with Gasteiger partial charge >= 0.3 is 0 Å². The van der Waals surface area contributed by atoms with Crippen molar-refractivity contribution in [3.8, 4) is 0 Å². The Balaban J connectivity index is 2.05. The van der Waals surface area contributed by atoms with Crippen LogP contribution >= 0.6 is 0 Å². The smallest absolute Gasteiger partial charge is 0.191 e. The standard InChI is InChI=1S/C14H18O3/c1-2-8-16-10-13(15)14-12-6-4-3-5-11(12)7-9-17-14/h3-6,14H,2,7-10H2,1H3. The Morgan fingerprint density at radius 1 is 1.47 bits per heavy atom. The van der Waals surface area contributed by atoms with E-state index in [4.69, 9.17) is 9.47 Å². The lowest BCUT2D eigenvalue weighted by Crippen LogP contribution is -2.26. The lowest BCUT2D eigenvalue weighted by Gasteiger charge is -2.24. The summed E-state index contributed by atoms with van der Waals surface area (Å²) in [5.41, 5.74) is 2.22. The molecule has 2 rings (SSSR count). The highest BCUT2D eigenvalue weighted by atomic mass is 16.5. The number of Topliss-reactive ketones (excluding diaryl/α,β-unsaturated/α-hetero) is 1. The summed E-state index contributed by atoms with van der Waals surface area (Å²) < 4.78 is 10.9. The topological polar surface area (TPSA) is 35.5 Å². The Morgan fingerprint density at radius 3 is 3.12 bits per heavy atom. The van der Waals surface area contributed by atoms with E-state index < -0.39 is 6.10 Å². The molecule has 92 valence electrons. The highest BCUT2D eigenvalue weighted by Gasteiger charge is 2.26. The van der Waals surface area contributed by atoms with Gasteiger partial charge in [0.05, 0.1) is 6.61 Å². The normalized spacial score (nSPS) is 18.8. The number of fused-ring (bicyclic) bond motifs is 1. The van der Waals surface area contributed by atoms with E-state index in [1.54, 1.807) is 0 Å². The van der Waals surface area contributed by atoms with Crippen LogP contribution in [0.25, 0.3) is 0 Å². The number of ketones is 1. The summed E-state index contributed by atoms with van der Waals surface area (Å²) in [6.45, 7) is 3.41. The Labute approximate surface area is 102 Å². The van der Waals surface area contributed by atoms with Crippen LogP contribution in [-0.2, 0) is 20.7 Å². The van der Waals surface area contributed by atoms with Crippen LogP contribution in [0.3, 0.4) is 0 Å². The molecule has 1 aliphatic rings. The molecule has 0 aliphatic carbocycles. The van der Waals surface area contributed by atoms with Crippen molar-refractivity contribution in [2.45, 2.75) is 25.9 Å². The molecule has 1 aromatic carbocycles. The van der Waals surface area contributed by atoms with E-state index in [9.17, 15) is 4.79 Å². The van der Waals surface area contributed by atoms with Crippen LogP contribution in [0.5, 0.6) is 0 Å².